The highest BCUT2D eigenvalue weighted by atomic mass is 16.7. The normalized spacial score (nSPS) is 10.8. The SMILES string of the molecule is CON(C)C(=O)c1ccc2c(c1)[nH]c(=O)n2-c1ccccc1. The number of amides is 1. The van der Waals surface area contributed by atoms with E-state index in [9.17, 15) is 9.59 Å². The van der Waals surface area contributed by atoms with E-state index in [1.54, 1.807) is 22.8 Å². The van der Waals surface area contributed by atoms with Gasteiger partial charge in [-0.2, -0.15) is 0 Å². The highest BCUT2D eigenvalue weighted by molar-refractivity contribution is 5.96. The number of hydroxylamine groups is 2. The van der Waals surface area contributed by atoms with Crippen molar-refractivity contribution in [1.82, 2.24) is 14.6 Å². The van der Waals surface area contributed by atoms with Crippen molar-refractivity contribution >= 4 is 16.9 Å². The van der Waals surface area contributed by atoms with E-state index in [1.807, 2.05) is 30.3 Å². The average Bonchev–Trinajstić information content (AvgIpc) is 2.89. The van der Waals surface area contributed by atoms with Crippen molar-refractivity contribution < 1.29 is 9.63 Å². The van der Waals surface area contributed by atoms with Gasteiger partial charge in [-0.05, 0) is 30.3 Å². The topological polar surface area (TPSA) is 67.3 Å². The molecule has 0 bridgehead atoms. The predicted octanol–water partition coefficient (Wildman–Crippen LogP) is 1.95. The van der Waals surface area contributed by atoms with E-state index in [-0.39, 0.29) is 11.6 Å². The van der Waals surface area contributed by atoms with Crippen molar-refractivity contribution in [3.05, 3.63) is 64.6 Å². The molecule has 0 aliphatic heterocycles. The van der Waals surface area contributed by atoms with Crippen molar-refractivity contribution in [2.45, 2.75) is 0 Å². The number of imidazole rings is 1. The van der Waals surface area contributed by atoms with Gasteiger partial charge in [-0.25, -0.2) is 9.86 Å². The quantitative estimate of drug-likeness (QED) is 0.751. The van der Waals surface area contributed by atoms with Gasteiger partial charge in [-0.15, -0.1) is 0 Å². The molecule has 1 heterocycles. The van der Waals surface area contributed by atoms with Gasteiger partial charge in [0.15, 0.2) is 0 Å². The Morgan fingerprint density at radius 3 is 2.59 bits per heavy atom. The van der Waals surface area contributed by atoms with Crippen LogP contribution in [0.1, 0.15) is 10.4 Å². The monoisotopic (exact) mass is 297 g/mol. The fourth-order valence-corrected chi connectivity index (χ4v) is 2.34. The molecule has 0 spiro atoms. The molecule has 0 saturated carbocycles. The Labute approximate surface area is 126 Å². The lowest BCUT2D eigenvalue weighted by molar-refractivity contribution is -0.0756. The van der Waals surface area contributed by atoms with Crippen LogP contribution in [0.4, 0.5) is 0 Å². The summed E-state index contributed by atoms with van der Waals surface area (Å²) >= 11 is 0. The van der Waals surface area contributed by atoms with Gasteiger partial charge in [0.05, 0.1) is 23.8 Å². The summed E-state index contributed by atoms with van der Waals surface area (Å²) in [5.41, 5.74) is 2.29. The second-order valence-corrected chi connectivity index (χ2v) is 4.82. The van der Waals surface area contributed by atoms with Crippen molar-refractivity contribution in [2.24, 2.45) is 0 Å². The highest BCUT2D eigenvalue weighted by Gasteiger charge is 2.14. The van der Waals surface area contributed by atoms with Crippen LogP contribution in [0.2, 0.25) is 0 Å². The molecule has 0 saturated heterocycles. The molecule has 6 nitrogen and oxygen atoms in total. The number of para-hydroxylation sites is 1. The molecule has 6 heteroatoms. The summed E-state index contributed by atoms with van der Waals surface area (Å²) in [6.07, 6.45) is 0. The lowest BCUT2D eigenvalue weighted by Gasteiger charge is -2.13. The van der Waals surface area contributed by atoms with Gasteiger partial charge in [-0.3, -0.25) is 14.2 Å². The number of H-pyrrole nitrogens is 1. The summed E-state index contributed by atoms with van der Waals surface area (Å²) < 4.78 is 1.57. The third kappa shape index (κ3) is 2.29. The Bertz CT molecular complexity index is 881. The van der Waals surface area contributed by atoms with E-state index >= 15 is 0 Å². The largest absolute Gasteiger partial charge is 0.331 e. The predicted molar refractivity (Wildman–Crippen MR) is 83.0 cm³/mol. The van der Waals surface area contributed by atoms with Crippen molar-refractivity contribution in [3.8, 4) is 5.69 Å². The van der Waals surface area contributed by atoms with Crippen LogP contribution in [0.15, 0.2) is 53.3 Å². The van der Waals surface area contributed by atoms with Crippen molar-refractivity contribution in [2.75, 3.05) is 14.2 Å². The molecule has 3 rings (SSSR count). The number of carbonyl (C=O) groups is 1. The molecule has 0 aliphatic carbocycles. The number of fused-ring (bicyclic) bond motifs is 1. The molecule has 2 aromatic carbocycles. The second-order valence-electron chi connectivity index (χ2n) is 4.82. The second kappa shape index (κ2) is 5.50. The molecule has 1 aromatic heterocycles. The van der Waals surface area contributed by atoms with Crippen LogP contribution in [0, 0.1) is 0 Å². The fraction of sp³-hybridized carbons (Fsp3) is 0.125. The first-order valence-electron chi connectivity index (χ1n) is 6.74. The first kappa shape index (κ1) is 14.1. The minimum Gasteiger partial charge on any atom is -0.305 e. The van der Waals surface area contributed by atoms with Crippen LogP contribution in [-0.2, 0) is 4.84 Å². The molecule has 112 valence electrons. The van der Waals surface area contributed by atoms with Gasteiger partial charge in [-0.1, -0.05) is 18.2 Å². The molecule has 1 N–H and O–H groups in total. The van der Waals surface area contributed by atoms with Crippen molar-refractivity contribution in [3.63, 3.8) is 0 Å². The van der Waals surface area contributed by atoms with Gasteiger partial charge >= 0.3 is 5.69 Å². The van der Waals surface area contributed by atoms with Crippen LogP contribution in [0.25, 0.3) is 16.7 Å². The maximum absolute atomic E-state index is 12.2. The maximum Gasteiger partial charge on any atom is 0.331 e. The Morgan fingerprint density at radius 1 is 1.18 bits per heavy atom. The number of aromatic amines is 1. The molecule has 0 unspecified atom stereocenters. The van der Waals surface area contributed by atoms with Gasteiger partial charge in [0.2, 0.25) is 0 Å². The minimum atomic E-state index is -0.280. The molecule has 3 aromatic rings. The Kier molecular flexibility index (Phi) is 3.52. The number of rotatable bonds is 3. The lowest BCUT2D eigenvalue weighted by Crippen LogP contribution is -2.25. The maximum atomic E-state index is 12.2. The minimum absolute atomic E-state index is 0.245. The zero-order chi connectivity index (χ0) is 15.7. The van der Waals surface area contributed by atoms with E-state index in [2.05, 4.69) is 4.98 Å². The number of nitrogens with one attached hydrogen (secondary N) is 1. The average molecular weight is 297 g/mol. The highest BCUT2D eigenvalue weighted by Crippen LogP contribution is 2.17. The van der Waals surface area contributed by atoms with Crippen LogP contribution < -0.4 is 5.69 Å². The number of hydrogen-bond acceptors (Lipinski definition) is 3. The number of nitrogens with zero attached hydrogens (tertiary/aromatic N) is 2. The first-order chi connectivity index (χ1) is 10.6. The number of hydrogen-bond donors (Lipinski definition) is 1. The van der Waals surface area contributed by atoms with Crippen LogP contribution in [0.5, 0.6) is 0 Å². The molecule has 1 amide bonds. The summed E-state index contributed by atoms with van der Waals surface area (Å²) in [5.74, 6) is -0.280. The zero-order valence-corrected chi connectivity index (χ0v) is 12.2. The van der Waals surface area contributed by atoms with Gasteiger partial charge in [0, 0.05) is 12.6 Å². The number of benzene rings is 2. The van der Waals surface area contributed by atoms with Crippen LogP contribution in [0.3, 0.4) is 0 Å². The smallest absolute Gasteiger partial charge is 0.305 e. The van der Waals surface area contributed by atoms with E-state index < -0.39 is 0 Å². The summed E-state index contributed by atoms with van der Waals surface area (Å²) in [4.78, 5) is 31.9. The third-order valence-electron chi connectivity index (χ3n) is 3.50. The van der Waals surface area contributed by atoms with Crippen LogP contribution in [-0.4, -0.2) is 34.7 Å². The molecule has 0 fully saturated rings. The standard InChI is InChI=1S/C16H15N3O3/c1-18(22-2)15(20)11-8-9-14-13(10-11)17-16(21)19(14)12-6-4-3-5-7-12/h3-10H,1-2H3,(H,17,21). The van der Waals surface area contributed by atoms with Gasteiger partial charge in [0.25, 0.3) is 5.91 Å². The fourth-order valence-electron chi connectivity index (χ4n) is 2.34. The van der Waals surface area contributed by atoms with E-state index in [1.165, 1.54) is 14.2 Å². The van der Waals surface area contributed by atoms with E-state index in [0.29, 0.717) is 16.6 Å². The van der Waals surface area contributed by atoms with Gasteiger partial charge in [0.1, 0.15) is 0 Å². The summed E-state index contributed by atoms with van der Waals surface area (Å²) in [7, 11) is 2.95. The molecular weight excluding hydrogens is 282 g/mol. The molecule has 22 heavy (non-hydrogen) atoms. The third-order valence-corrected chi connectivity index (χ3v) is 3.50. The Hall–Kier alpha value is -2.86. The molecular formula is C16H15N3O3. The zero-order valence-electron chi connectivity index (χ0n) is 12.2. The van der Waals surface area contributed by atoms with E-state index in [4.69, 9.17) is 4.84 Å². The molecule has 0 aliphatic rings. The summed E-state index contributed by atoms with van der Waals surface area (Å²) in [6, 6.07) is 14.4. The van der Waals surface area contributed by atoms with E-state index in [0.717, 1.165) is 10.8 Å². The molecule has 0 radical (unpaired) electrons. The van der Waals surface area contributed by atoms with Crippen LogP contribution >= 0.6 is 0 Å². The first-order valence-corrected chi connectivity index (χ1v) is 6.74. The summed E-state index contributed by atoms with van der Waals surface area (Å²) in [5, 5.41) is 1.13. The Balaban J connectivity index is 2.14. The number of carbonyl (C=O) groups excluding carboxylic acids is 1. The lowest BCUT2D eigenvalue weighted by atomic mass is 10.2. The van der Waals surface area contributed by atoms with Crippen molar-refractivity contribution in [1.29, 1.82) is 0 Å². The Morgan fingerprint density at radius 2 is 1.91 bits per heavy atom. The van der Waals surface area contributed by atoms with Gasteiger partial charge < -0.3 is 4.98 Å². The molecule has 0 atom stereocenters. The number of aromatic nitrogens is 2. The summed E-state index contributed by atoms with van der Waals surface area (Å²) in [6.45, 7) is 0.